The Kier molecular flexibility index (Phi) is 1.99. The van der Waals surface area contributed by atoms with Crippen LogP contribution in [-0.2, 0) is 0 Å². The molecule has 1 nitrogen and oxygen atoms in total. The Balaban J connectivity index is 1.85. The third-order valence-corrected chi connectivity index (χ3v) is 2.77. The summed E-state index contributed by atoms with van der Waals surface area (Å²) in [7, 11) is 0. The zero-order chi connectivity index (χ0) is 7.68. The van der Waals surface area contributed by atoms with E-state index in [0.717, 1.165) is 5.92 Å². The fourth-order valence-electron chi connectivity index (χ4n) is 1.77. The van der Waals surface area contributed by atoms with Crippen LogP contribution in [0, 0.1) is 5.92 Å². The van der Waals surface area contributed by atoms with E-state index in [9.17, 15) is 0 Å². The van der Waals surface area contributed by atoms with Crippen LogP contribution < -0.4 is 5.73 Å². The molecule has 0 saturated heterocycles. The summed E-state index contributed by atoms with van der Waals surface area (Å²) in [6.07, 6.45) is 10.4. The normalized spacial score (nSPS) is 32.1. The summed E-state index contributed by atoms with van der Waals surface area (Å²) in [4.78, 5) is 0. The highest BCUT2D eigenvalue weighted by atomic mass is 14.6. The Morgan fingerprint density at radius 3 is 2.27 bits per heavy atom. The standard InChI is InChI=1S/C10H17N/c11-10-5-3-9(4-6-10)7-8-1-2-8/h7-8,10H,1-6,11H2. The predicted molar refractivity (Wildman–Crippen MR) is 47.3 cm³/mol. The first-order valence-electron chi connectivity index (χ1n) is 4.80. The maximum atomic E-state index is 5.82. The SMILES string of the molecule is NC1CCC(=CC2CC2)CC1. The topological polar surface area (TPSA) is 26.0 Å². The first-order valence-corrected chi connectivity index (χ1v) is 4.80. The molecular weight excluding hydrogens is 134 g/mol. The van der Waals surface area contributed by atoms with E-state index >= 15 is 0 Å². The van der Waals surface area contributed by atoms with Crippen LogP contribution in [0.4, 0.5) is 0 Å². The first-order chi connectivity index (χ1) is 5.34. The zero-order valence-electron chi connectivity index (χ0n) is 7.05. The van der Waals surface area contributed by atoms with Crippen molar-refractivity contribution in [3.63, 3.8) is 0 Å². The molecule has 2 rings (SSSR count). The van der Waals surface area contributed by atoms with Gasteiger partial charge in [-0.15, -0.1) is 0 Å². The van der Waals surface area contributed by atoms with E-state index in [1.54, 1.807) is 5.57 Å². The van der Waals surface area contributed by atoms with Gasteiger partial charge in [0, 0.05) is 6.04 Å². The average molecular weight is 151 g/mol. The van der Waals surface area contributed by atoms with E-state index in [1.807, 2.05) is 0 Å². The van der Waals surface area contributed by atoms with Crippen molar-refractivity contribution in [2.45, 2.75) is 44.6 Å². The fourth-order valence-corrected chi connectivity index (χ4v) is 1.77. The van der Waals surface area contributed by atoms with Crippen molar-refractivity contribution >= 4 is 0 Å². The molecule has 2 aliphatic rings. The van der Waals surface area contributed by atoms with Gasteiger partial charge in [-0.2, -0.15) is 0 Å². The minimum atomic E-state index is 0.492. The molecule has 1 heteroatoms. The van der Waals surface area contributed by atoms with Crippen LogP contribution in [0.2, 0.25) is 0 Å². The highest BCUT2D eigenvalue weighted by Gasteiger charge is 2.20. The summed E-state index contributed by atoms with van der Waals surface area (Å²) >= 11 is 0. The Bertz CT molecular complexity index is 158. The summed E-state index contributed by atoms with van der Waals surface area (Å²) in [5, 5.41) is 0. The highest BCUT2D eigenvalue weighted by Crippen LogP contribution is 2.34. The lowest BCUT2D eigenvalue weighted by Crippen LogP contribution is -2.23. The molecule has 0 bridgehead atoms. The van der Waals surface area contributed by atoms with E-state index in [4.69, 9.17) is 5.73 Å². The van der Waals surface area contributed by atoms with Gasteiger partial charge < -0.3 is 5.73 Å². The van der Waals surface area contributed by atoms with Gasteiger partial charge in [-0.25, -0.2) is 0 Å². The minimum Gasteiger partial charge on any atom is -0.328 e. The Morgan fingerprint density at radius 1 is 1.09 bits per heavy atom. The Labute approximate surface area is 68.7 Å². The lowest BCUT2D eigenvalue weighted by Gasteiger charge is -2.19. The molecule has 0 atom stereocenters. The molecule has 0 amide bonds. The van der Waals surface area contributed by atoms with Gasteiger partial charge in [-0.3, -0.25) is 0 Å². The smallest absolute Gasteiger partial charge is 0.00449 e. The van der Waals surface area contributed by atoms with E-state index in [1.165, 1.54) is 38.5 Å². The maximum absolute atomic E-state index is 5.82. The van der Waals surface area contributed by atoms with Gasteiger partial charge in [-0.05, 0) is 44.4 Å². The van der Waals surface area contributed by atoms with E-state index < -0.39 is 0 Å². The van der Waals surface area contributed by atoms with Crippen molar-refractivity contribution in [3.05, 3.63) is 11.6 Å². The Morgan fingerprint density at radius 2 is 1.73 bits per heavy atom. The number of allylic oxidation sites excluding steroid dienone is 2. The molecule has 62 valence electrons. The number of rotatable bonds is 1. The monoisotopic (exact) mass is 151 g/mol. The summed E-state index contributed by atoms with van der Waals surface area (Å²) in [6, 6.07) is 0.492. The largest absolute Gasteiger partial charge is 0.328 e. The van der Waals surface area contributed by atoms with Crippen LogP contribution in [0.1, 0.15) is 38.5 Å². The second-order valence-electron chi connectivity index (χ2n) is 4.00. The van der Waals surface area contributed by atoms with Crippen LogP contribution in [0.25, 0.3) is 0 Å². The van der Waals surface area contributed by atoms with Gasteiger partial charge in [0.25, 0.3) is 0 Å². The summed E-state index contributed by atoms with van der Waals surface area (Å²) in [5.74, 6) is 0.958. The molecule has 0 aromatic carbocycles. The van der Waals surface area contributed by atoms with Gasteiger partial charge in [0.05, 0.1) is 0 Å². The molecule has 0 heterocycles. The van der Waals surface area contributed by atoms with Crippen LogP contribution in [0.3, 0.4) is 0 Å². The third-order valence-electron chi connectivity index (χ3n) is 2.77. The molecule has 11 heavy (non-hydrogen) atoms. The Hall–Kier alpha value is -0.300. The zero-order valence-corrected chi connectivity index (χ0v) is 7.05. The van der Waals surface area contributed by atoms with Crippen molar-refractivity contribution in [3.8, 4) is 0 Å². The van der Waals surface area contributed by atoms with Gasteiger partial charge >= 0.3 is 0 Å². The molecule has 0 aromatic heterocycles. The molecule has 0 aromatic rings. The van der Waals surface area contributed by atoms with Gasteiger partial charge in [-0.1, -0.05) is 11.6 Å². The minimum absolute atomic E-state index is 0.492. The molecule has 2 N–H and O–H groups in total. The molecule has 2 saturated carbocycles. The second-order valence-corrected chi connectivity index (χ2v) is 4.00. The second kappa shape index (κ2) is 2.98. The van der Waals surface area contributed by atoms with Gasteiger partial charge in [0.1, 0.15) is 0 Å². The molecule has 2 fully saturated rings. The van der Waals surface area contributed by atoms with Crippen molar-refractivity contribution in [1.29, 1.82) is 0 Å². The highest BCUT2D eigenvalue weighted by molar-refractivity contribution is 5.10. The molecule has 0 unspecified atom stereocenters. The van der Waals surface area contributed by atoms with Crippen molar-refractivity contribution < 1.29 is 0 Å². The van der Waals surface area contributed by atoms with E-state index in [-0.39, 0.29) is 0 Å². The summed E-state index contributed by atoms with van der Waals surface area (Å²) in [6.45, 7) is 0. The van der Waals surface area contributed by atoms with Crippen LogP contribution in [0.5, 0.6) is 0 Å². The number of hydrogen-bond donors (Lipinski definition) is 1. The van der Waals surface area contributed by atoms with Gasteiger partial charge in [0.15, 0.2) is 0 Å². The van der Waals surface area contributed by atoms with Crippen LogP contribution in [-0.4, -0.2) is 6.04 Å². The fraction of sp³-hybridized carbons (Fsp3) is 0.800. The average Bonchev–Trinajstić information content (AvgIpc) is 2.78. The lowest BCUT2D eigenvalue weighted by atomic mass is 9.91. The molecule has 0 radical (unpaired) electrons. The van der Waals surface area contributed by atoms with Crippen LogP contribution >= 0.6 is 0 Å². The van der Waals surface area contributed by atoms with Crippen molar-refractivity contribution in [2.24, 2.45) is 11.7 Å². The summed E-state index contributed by atoms with van der Waals surface area (Å²) < 4.78 is 0. The molecule has 0 aliphatic heterocycles. The number of nitrogens with two attached hydrogens (primary N) is 1. The lowest BCUT2D eigenvalue weighted by molar-refractivity contribution is 0.509. The molecular formula is C10H17N. The quantitative estimate of drug-likeness (QED) is 0.571. The third kappa shape index (κ3) is 2.06. The first kappa shape index (κ1) is 7.35. The maximum Gasteiger partial charge on any atom is 0.00449 e. The predicted octanol–water partition coefficient (Wildman–Crippen LogP) is 2.22. The molecule has 0 spiro atoms. The van der Waals surface area contributed by atoms with Crippen molar-refractivity contribution in [2.75, 3.05) is 0 Å². The van der Waals surface area contributed by atoms with E-state index in [2.05, 4.69) is 6.08 Å². The summed E-state index contributed by atoms with van der Waals surface area (Å²) in [5.41, 5.74) is 7.51. The van der Waals surface area contributed by atoms with Gasteiger partial charge in [0.2, 0.25) is 0 Å². The van der Waals surface area contributed by atoms with Crippen molar-refractivity contribution in [1.82, 2.24) is 0 Å². The number of hydrogen-bond acceptors (Lipinski definition) is 1. The van der Waals surface area contributed by atoms with E-state index in [0.29, 0.717) is 6.04 Å². The van der Waals surface area contributed by atoms with Crippen LogP contribution in [0.15, 0.2) is 11.6 Å². The molecule has 2 aliphatic carbocycles.